The van der Waals surface area contributed by atoms with Crippen molar-refractivity contribution in [2.24, 2.45) is 0 Å². The predicted octanol–water partition coefficient (Wildman–Crippen LogP) is 3.59. The van der Waals surface area contributed by atoms with Gasteiger partial charge in [-0.25, -0.2) is 8.42 Å². The summed E-state index contributed by atoms with van der Waals surface area (Å²) in [6, 6.07) is 2.97. The van der Waals surface area contributed by atoms with Crippen LogP contribution in [-0.4, -0.2) is 32.3 Å². The van der Waals surface area contributed by atoms with Crippen molar-refractivity contribution in [2.75, 3.05) is 7.05 Å². The van der Waals surface area contributed by atoms with E-state index < -0.39 is 9.05 Å². The highest BCUT2D eigenvalue weighted by Crippen LogP contribution is 2.29. The Labute approximate surface area is 134 Å². The largest absolute Gasteiger partial charge is 0.339 e. The molecular formula is C14H17Cl2NO3S. The second-order valence-corrected chi connectivity index (χ2v) is 8.34. The van der Waals surface area contributed by atoms with Crippen LogP contribution in [-0.2, 0) is 9.05 Å². The topological polar surface area (TPSA) is 54.5 Å². The summed E-state index contributed by atoms with van der Waals surface area (Å²) in [4.78, 5) is 14.2. The average Bonchev–Trinajstić information content (AvgIpc) is 2.92. The van der Waals surface area contributed by atoms with Gasteiger partial charge in [-0.1, -0.05) is 24.4 Å². The SMILES string of the molecule is Cc1c(C(=O)N(C)C2CCCC2)cc(Cl)cc1S(=O)(=O)Cl. The fourth-order valence-electron chi connectivity index (χ4n) is 2.78. The van der Waals surface area contributed by atoms with Crippen LogP contribution in [0, 0.1) is 6.92 Å². The Bertz CT molecular complexity index is 667. The highest BCUT2D eigenvalue weighted by atomic mass is 35.7. The second-order valence-electron chi connectivity index (χ2n) is 5.37. The third kappa shape index (κ3) is 3.52. The van der Waals surface area contributed by atoms with Gasteiger partial charge in [-0.15, -0.1) is 0 Å². The maximum Gasteiger partial charge on any atom is 0.261 e. The fourth-order valence-corrected chi connectivity index (χ4v) is 4.28. The monoisotopic (exact) mass is 349 g/mol. The molecule has 1 amide bonds. The van der Waals surface area contributed by atoms with Gasteiger partial charge in [0, 0.05) is 34.4 Å². The molecule has 1 aliphatic rings. The van der Waals surface area contributed by atoms with Gasteiger partial charge in [0.2, 0.25) is 0 Å². The molecule has 1 saturated carbocycles. The fraction of sp³-hybridized carbons (Fsp3) is 0.500. The summed E-state index contributed by atoms with van der Waals surface area (Å²) in [5.41, 5.74) is 0.625. The molecule has 7 heteroatoms. The molecule has 4 nitrogen and oxygen atoms in total. The number of benzene rings is 1. The van der Waals surface area contributed by atoms with Gasteiger partial charge in [0.05, 0.1) is 4.90 Å². The van der Waals surface area contributed by atoms with E-state index in [1.165, 1.54) is 12.1 Å². The molecule has 1 aromatic carbocycles. The van der Waals surface area contributed by atoms with Crippen LogP contribution in [0.4, 0.5) is 0 Å². The summed E-state index contributed by atoms with van der Waals surface area (Å²) in [5, 5.41) is 0.183. The highest BCUT2D eigenvalue weighted by Gasteiger charge is 2.27. The zero-order valence-electron chi connectivity index (χ0n) is 11.9. The van der Waals surface area contributed by atoms with Crippen LogP contribution in [0.5, 0.6) is 0 Å². The average molecular weight is 350 g/mol. The number of nitrogens with zero attached hydrogens (tertiary/aromatic N) is 1. The summed E-state index contributed by atoms with van der Waals surface area (Å²) in [6.45, 7) is 1.57. The van der Waals surface area contributed by atoms with E-state index >= 15 is 0 Å². The van der Waals surface area contributed by atoms with Gasteiger partial charge in [-0.2, -0.15) is 0 Å². The molecule has 0 radical (unpaired) electrons. The minimum atomic E-state index is -3.94. The van der Waals surface area contributed by atoms with Crippen LogP contribution in [0.3, 0.4) is 0 Å². The molecule has 0 N–H and O–H groups in total. The van der Waals surface area contributed by atoms with E-state index in [2.05, 4.69) is 0 Å². The lowest BCUT2D eigenvalue weighted by Gasteiger charge is -2.25. The first-order chi connectivity index (χ1) is 9.71. The van der Waals surface area contributed by atoms with Crippen LogP contribution >= 0.6 is 22.3 Å². The number of hydrogen-bond donors (Lipinski definition) is 0. The van der Waals surface area contributed by atoms with Crippen molar-refractivity contribution < 1.29 is 13.2 Å². The Morgan fingerprint density at radius 3 is 2.38 bits per heavy atom. The first kappa shape index (κ1) is 16.6. The Balaban J connectivity index is 2.44. The second kappa shape index (κ2) is 6.15. The Morgan fingerprint density at radius 2 is 1.86 bits per heavy atom. The van der Waals surface area contributed by atoms with Crippen LogP contribution in [0.1, 0.15) is 41.6 Å². The number of carbonyl (C=O) groups excluding carboxylic acids is 1. The molecule has 0 aromatic heterocycles. The highest BCUT2D eigenvalue weighted by molar-refractivity contribution is 8.13. The zero-order valence-corrected chi connectivity index (χ0v) is 14.2. The lowest BCUT2D eigenvalue weighted by molar-refractivity contribution is 0.0734. The van der Waals surface area contributed by atoms with Crippen LogP contribution in [0.25, 0.3) is 0 Å². The quantitative estimate of drug-likeness (QED) is 0.783. The third-order valence-electron chi connectivity index (χ3n) is 4.01. The summed E-state index contributed by atoms with van der Waals surface area (Å²) in [7, 11) is 3.21. The number of halogens is 2. The van der Waals surface area contributed by atoms with Gasteiger partial charge in [0.15, 0.2) is 0 Å². The minimum absolute atomic E-state index is 0.111. The standard InChI is InChI=1S/C14H17Cl2NO3S/c1-9-12(7-10(15)8-13(9)21(16,19)20)14(18)17(2)11-5-3-4-6-11/h7-8,11H,3-6H2,1-2H3. The van der Waals surface area contributed by atoms with E-state index in [9.17, 15) is 13.2 Å². The molecule has 2 rings (SSSR count). The van der Waals surface area contributed by atoms with Crippen molar-refractivity contribution >= 4 is 37.2 Å². The van der Waals surface area contributed by atoms with E-state index in [-0.39, 0.29) is 27.4 Å². The molecule has 0 atom stereocenters. The van der Waals surface area contributed by atoms with Gasteiger partial charge < -0.3 is 4.90 Å². The molecule has 116 valence electrons. The van der Waals surface area contributed by atoms with Crippen molar-refractivity contribution in [2.45, 2.75) is 43.5 Å². The maximum atomic E-state index is 12.6. The van der Waals surface area contributed by atoms with Crippen molar-refractivity contribution in [3.05, 3.63) is 28.3 Å². The molecule has 1 aromatic rings. The van der Waals surface area contributed by atoms with E-state index in [1.54, 1.807) is 18.9 Å². The molecule has 0 unspecified atom stereocenters. The van der Waals surface area contributed by atoms with E-state index in [1.807, 2.05) is 0 Å². The van der Waals surface area contributed by atoms with Crippen molar-refractivity contribution in [1.29, 1.82) is 0 Å². The molecule has 1 fully saturated rings. The number of amides is 1. The summed E-state index contributed by atoms with van der Waals surface area (Å²) in [6.07, 6.45) is 4.17. The Morgan fingerprint density at radius 1 is 1.29 bits per heavy atom. The van der Waals surface area contributed by atoms with E-state index in [0.29, 0.717) is 5.56 Å². The number of hydrogen-bond acceptors (Lipinski definition) is 3. The van der Waals surface area contributed by atoms with Crippen molar-refractivity contribution in [3.8, 4) is 0 Å². The third-order valence-corrected chi connectivity index (χ3v) is 5.68. The van der Waals surface area contributed by atoms with Crippen LogP contribution in [0.2, 0.25) is 5.02 Å². The minimum Gasteiger partial charge on any atom is -0.339 e. The smallest absolute Gasteiger partial charge is 0.261 e. The molecule has 0 aliphatic heterocycles. The molecule has 0 spiro atoms. The number of rotatable bonds is 3. The molecule has 0 heterocycles. The van der Waals surface area contributed by atoms with Crippen molar-refractivity contribution in [1.82, 2.24) is 4.90 Å². The van der Waals surface area contributed by atoms with Crippen LogP contribution < -0.4 is 0 Å². The lowest BCUT2D eigenvalue weighted by atomic mass is 10.1. The van der Waals surface area contributed by atoms with Gasteiger partial charge in [-0.3, -0.25) is 4.79 Å². The lowest BCUT2D eigenvalue weighted by Crippen LogP contribution is -2.35. The van der Waals surface area contributed by atoms with Gasteiger partial charge in [-0.05, 0) is 37.5 Å². The summed E-state index contributed by atoms with van der Waals surface area (Å²) < 4.78 is 23.2. The Hall–Kier alpha value is -0.780. The predicted molar refractivity (Wildman–Crippen MR) is 83.6 cm³/mol. The molecule has 21 heavy (non-hydrogen) atoms. The molecule has 0 saturated heterocycles. The molecular weight excluding hydrogens is 333 g/mol. The first-order valence-electron chi connectivity index (χ1n) is 6.74. The normalized spacial score (nSPS) is 16.2. The molecule has 1 aliphatic carbocycles. The van der Waals surface area contributed by atoms with Gasteiger partial charge in [0.25, 0.3) is 15.0 Å². The first-order valence-corrected chi connectivity index (χ1v) is 9.42. The Kier molecular flexibility index (Phi) is 4.85. The van der Waals surface area contributed by atoms with E-state index in [4.69, 9.17) is 22.3 Å². The number of carbonyl (C=O) groups is 1. The van der Waals surface area contributed by atoms with Crippen molar-refractivity contribution in [3.63, 3.8) is 0 Å². The summed E-state index contributed by atoms with van der Waals surface area (Å²) in [5.74, 6) is -0.219. The summed E-state index contributed by atoms with van der Waals surface area (Å²) >= 11 is 5.94. The van der Waals surface area contributed by atoms with Gasteiger partial charge >= 0.3 is 0 Å². The van der Waals surface area contributed by atoms with E-state index in [0.717, 1.165) is 25.7 Å². The maximum absolute atomic E-state index is 12.6. The van der Waals surface area contributed by atoms with Crippen LogP contribution in [0.15, 0.2) is 17.0 Å². The van der Waals surface area contributed by atoms with Gasteiger partial charge in [0.1, 0.15) is 0 Å². The molecule has 0 bridgehead atoms. The zero-order chi connectivity index (χ0) is 15.8.